The predicted molar refractivity (Wildman–Crippen MR) is 490 cm³/mol. The Labute approximate surface area is 832 Å². The number of hydrogen-bond acceptors (Lipinski definition) is 10. The molecule has 0 radical (unpaired) electrons. The third-order valence-electron chi connectivity index (χ3n) is 28.8. The van der Waals surface area contributed by atoms with E-state index in [0.717, 1.165) is 118 Å². The molecule has 8 aliphatic rings. The fourth-order valence-electron chi connectivity index (χ4n) is 22.6. The molecule has 4 bridgehead atoms. The van der Waals surface area contributed by atoms with Gasteiger partial charge < -0.3 is 14.2 Å². The van der Waals surface area contributed by atoms with Crippen molar-refractivity contribution in [2.75, 3.05) is 12.9 Å². The normalized spacial score (nSPS) is 23.4. The van der Waals surface area contributed by atoms with E-state index in [4.69, 9.17) is 14.2 Å². The minimum atomic E-state index is -5.09. The lowest BCUT2D eigenvalue weighted by Crippen LogP contribution is -2.60. The molecule has 10 nitrogen and oxygen atoms in total. The molecule has 8 aliphatic carbocycles. The van der Waals surface area contributed by atoms with Crippen LogP contribution in [0.4, 0.5) is 119 Å². The Bertz CT molecular complexity index is 5960. The second-order valence-corrected chi connectivity index (χ2v) is 46.5. The van der Waals surface area contributed by atoms with Crippen LogP contribution in [0.15, 0.2) is 156 Å². The highest BCUT2D eigenvalue weighted by molar-refractivity contribution is 7.97. The number of halogens is 27. The van der Waals surface area contributed by atoms with Crippen molar-refractivity contribution < 1.29 is 165 Å². The number of benzene rings is 8. The van der Waals surface area contributed by atoms with E-state index in [2.05, 4.69) is 6.92 Å². The van der Waals surface area contributed by atoms with Gasteiger partial charge in [-0.25, -0.2) is 39.2 Å². The summed E-state index contributed by atoms with van der Waals surface area (Å²) in [5.41, 5.74) is -6.01. The zero-order valence-electron chi connectivity index (χ0n) is 81.9. The Hall–Kier alpha value is -9.73. The number of ketones is 3. The zero-order valence-corrected chi connectivity index (χ0v) is 84.3. The first-order chi connectivity index (χ1) is 66.9. The highest BCUT2D eigenvalue weighted by Crippen LogP contribution is 2.67. The molecule has 0 spiro atoms. The molecule has 40 heteroatoms. The smallest absolute Gasteiger partial charge is 0.416 e. The van der Waals surface area contributed by atoms with Crippen LogP contribution < -0.4 is 4.74 Å². The number of Topliss-reactive ketones (excluding diaryl/α,β-unsaturated/α-hetero) is 3. The second kappa shape index (κ2) is 43.3. The summed E-state index contributed by atoms with van der Waals surface area (Å²) in [7, 11) is -6.83. The highest BCUT2D eigenvalue weighted by atomic mass is 32.2. The number of ether oxygens (including phenoxy) is 3. The molecule has 0 amide bonds. The highest BCUT2D eigenvalue weighted by Gasteiger charge is 2.67. The first-order valence-corrected chi connectivity index (χ1v) is 51.0. The monoisotopic (exact) mass is 2150 g/mol. The summed E-state index contributed by atoms with van der Waals surface area (Å²) >= 11 is 0. The first kappa shape index (κ1) is 117. The molecular formula is C106H109F27O10S3+2. The molecule has 8 aromatic rings. The van der Waals surface area contributed by atoms with Gasteiger partial charge in [-0.1, -0.05) is 56.2 Å². The van der Waals surface area contributed by atoms with E-state index in [1.54, 1.807) is 65.8 Å². The molecule has 0 aromatic heterocycles. The van der Waals surface area contributed by atoms with Gasteiger partial charge in [0.2, 0.25) is 17.4 Å². The molecule has 8 fully saturated rings. The van der Waals surface area contributed by atoms with Gasteiger partial charge in [0.05, 0.1) is 60.1 Å². The Balaban J connectivity index is 0.000000177. The van der Waals surface area contributed by atoms with Crippen molar-refractivity contribution in [3.05, 3.63) is 228 Å². The van der Waals surface area contributed by atoms with Crippen LogP contribution in [-0.2, 0) is 102 Å². The Kier molecular flexibility index (Phi) is 34.6. The van der Waals surface area contributed by atoms with Gasteiger partial charge in [0.1, 0.15) is 41.7 Å². The molecule has 8 saturated carbocycles. The van der Waals surface area contributed by atoms with Crippen LogP contribution in [0.1, 0.15) is 221 Å². The van der Waals surface area contributed by atoms with Crippen molar-refractivity contribution >= 4 is 60.9 Å². The van der Waals surface area contributed by atoms with Gasteiger partial charge >= 0.3 is 49.0 Å². The number of carbonyl (C=O) groups is 5. The van der Waals surface area contributed by atoms with Gasteiger partial charge in [-0.3, -0.25) is 24.0 Å². The summed E-state index contributed by atoms with van der Waals surface area (Å²) in [6.07, 6.45) is -21.3. The Morgan fingerprint density at radius 2 is 0.856 bits per heavy atom. The standard InChI is InChI=1S/C28H39F3O5.2C25H20F9S.C14H10F4O3S.C14H20F2O2/c1-15(5-8-24(35)36-14-22(29)28(4,30)31)18-6-7-19-25-20(13-23(34)27(18,19)3)26(2)10-9-17(32)11-16(26)12-21(25)33;2*1-13-5-15(3)22(16(4)6-13)35(20-8-14(2)7-17(10-20)23(26,27)28)21-11-18(24(29,30)31)9-19(12-21)25(32,33)34;1-7-10(15)12(17)14(13(18)11(7)16)21-8-3-5-9(6-4-8)22(2,19)20;1-13(15,16)8-12(17)18-14-5-9-2-10(6-14)4-11(3-9)7-14/h15-16,18-20,22,25H,5-14H2,1-4H3;2*5-12H,1-4H3;3-6H,1-2H3;9-11H,2-8H2,1H3/q;2*+1;;/t15-,16+,18-,19+,20+,22?,25+,26+,27-;;;;/m1..../s1. The number of sulfone groups is 1. The maximum absolute atomic E-state index is 13.8. The average molecular weight is 2150 g/mol. The quantitative estimate of drug-likeness (QED) is 0.0332. The van der Waals surface area contributed by atoms with Gasteiger partial charge in [0.15, 0.2) is 57.0 Å². The Morgan fingerprint density at radius 3 is 1.23 bits per heavy atom. The third kappa shape index (κ3) is 27.2. The largest absolute Gasteiger partial charge is 0.462 e. The molecule has 146 heavy (non-hydrogen) atoms. The van der Waals surface area contributed by atoms with Crippen LogP contribution >= 0.6 is 0 Å². The van der Waals surface area contributed by atoms with Crippen molar-refractivity contribution in [1.29, 1.82) is 0 Å². The molecule has 16 rings (SSSR count). The molecule has 8 aromatic carbocycles. The summed E-state index contributed by atoms with van der Waals surface area (Å²) in [6, 6.07) is 19.8. The summed E-state index contributed by atoms with van der Waals surface area (Å²) in [4.78, 5) is 63.0. The maximum Gasteiger partial charge on any atom is 0.416 e. The summed E-state index contributed by atoms with van der Waals surface area (Å²) in [5.74, 6) is -13.4. The molecule has 0 saturated heterocycles. The number of alkyl halides is 23. The number of esters is 2. The predicted octanol–water partition coefficient (Wildman–Crippen LogP) is 31.0. The van der Waals surface area contributed by atoms with E-state index in [9.17, 15) is 151 Å². The summed E-state index contributed by atoms with van der Waals surface area (Å²) in [5, 5.41) is 0. The van der Waals surface area contributed by atoms with Crippen LogP contribution in [0.3, 0.4) is 0 Å². The van der Waals surface area contributed by atoms with Gasteiger partial charge in [0, 0.05) is 121 Å². The van der Waals surface area contributed by atoms with Gasteiger partial charge in [-0.05, 0) is 258 Å². The van der Waals surface area contributed by atoms with E-state index >= 15 is 0 Å². The van der Waals surface area contributed by atoms with Crippen LogP contribution in [-0.4, -0.2) is 74.2 Å². The SMILES string of the molecule is CC(F)(F)CC(=O)OC12CC3CC(CC(C3)C1)C2.C[C@H](CCC(=O)OCC(F)C(C)(F)F)[C@H]1CC[C@H]2[C@@H]3C(=O)C[C@@H]4CC(=O)CC[C@]4(C)[C@H]3CC(=O)[C@]12C.Cc1c(F)c(F)c(Oc2ccc(S(C)(=O)=O)cc2)c(F)c1F.Cc1cc([S+](c2cc(C(F)(F)F)cc(C(F)(F)F)c2)c2c(C)cc(C)cc2C)cc(C(F)(F)F)c1.Cc1cc([S+](c2cc(C(F)(F)F)cc(C(F)(F)F)c2)c2c(C)cc(C)cc2C)cc(C(F)(F)F)c1. The molecule has 0 heterocycles. The van der Waals surface area contributed by atoms with Crippen molar-refractivity contribution in [1.82, 2.24) is 0 Å². The topological polar surface area (TPSA) is 147 Å². The maximum atomic E-state index is 13.8. The van der Waals surface area contributed by atoms with Crippen LogP contribution in [0.25, 0.3) is 0 Å². The number of rotatable bonds is 19. The molecule has 3 unspecified atom stereocenters. The van der Waals surface area contributed by atoms with Crippen molar-refractivity contribution in [2.24, 2.45) is 64.1 Å². The fraction of sp³-hybridized carbons (Fsp3) is 0.500. The molecule has 798 valence electrons. The lowest BCUT2D eigenvalue weighted by Gasteiger charge is -2.58. The molecule has 0 N–H and O–H groups in total. The van der Waals surface area contributed by atoms with Crippen LogP contribution in [0.2, 0.25) is 0 Å². The fourth-order valence-corrected chi connectivity index (χ4v) is 28.3. The van der Waals surface area contributed by atoms with Gasteiger partial charge in [-0.2, -0.15) is 87.8 Å². The van der Waals surface area contributed by atoms with Gasteiger partial charge in [-0.15, -0.1) is 0 Å². The van der Waals surface area contributed by atoms with E-state index in [0.29, 0.717) is 113 Å². The van der Waals surface area contributed by atoms with Gasteiger partial charge in [0.25, 0.3) is 11.8 Å². The lowest BCUT2D eigenvalue weighted by atomic mass is 9.44. The van der Waals surface area contributed by atoms with E-state index < -0.39 is 191 Å². The number of hydrogen-bond donors (Lipinski definition) is 0. The first-order valence-electron chi connectivity index (χ1n) is 46.7. The Morgan fingerprint density at radius 1 is 0.479 bits per heavy atom. The molecule has 0 aliphatic heterocycles. The van der Waals surface area contributed by atoms with Crippen LogP contribution in [0, 0.1) is 150 Å². The average Bonchev–Trinajstić information content (AvgIpc) is 1.48. The van der Waals surface area contributed by atoms with Crippen LogP contribution in [0.5, 0.6) is 11.5 Å². The van der Waals surface area contributed by atoms with E-state index in [1.165, 1.54) is 45.2 Å². The third-order valence-corrected chi connectivity index (χ3v) is 34.8. The number of carbonyl (C=O) groups excluding carboxylic acids is 5. The van der Waals surface area contributed by atoms with E-state index in [-0.39, 0.29) is 118 Å². The van der Waals surface area contributed by atoms with Crippen molar-refractivity contribution in [3.63, 3.8) is 0 Å². The zero-order chi connectivity index (χ0) is 109. The minimum absolute atomic E-state index is 0.00362. The van der Waals surface area contributed by atoms with Crippen molar-refractivity contribution in [2.45, 2.75) is 295 Å². The molecule has 11 atom stereocenters. The summed E-state index contributed by atoms with van der Waals surface area (Å²) in [6.45, 7) is 20.1. The second-order valence-electron chi connectivity index (χ2n) is 40.6. The number of aryl methyl sites for hydroxylation is 8. The summed E-state index contributed by atoms with van der Waals surface area (Å²) < 4.78 is 401. The van der Waals surface area contributed by atoms with E-state index in [1.807, 2.05) is 13.8 Å². The van der Waals surface area contributed by atoms with Crippen molar-refractivity contribution in [3.8, 4) is 11.5 Å². The minimum Gasteiger partial charge on any atom is -0.462 e. The lowest BCUT2D eigenvalue weighted by molar-refractivity contribution is -0.191. The molecular weight excluding hydrogens is 2040 g/mol. The number of fused-ring (bicyclic) bond motifs is 5.